The van der Waals surface area contributed by atoms with Crippen LogP contribution in [0.25, 0.3) is 0 Å². The Balaban J connectivity index is 1.96. The third-order valence-electron chi connectivity index (χ3n) is 3.13. The molecule has 2 unspecified atom stereocenters. The molecule has 0 radical (unpaired) electrons. The molecular formula is C15H17F2NO2. The lowest BCUT2D eigenvalue weighted by Gasteiger charge is -2.16. The Hall–Kier alpha value is -1.72. The van der Waals surface area contributed by atoms with Gasteiger partial charge in [-0.25, -0.2) is 8.78 Å². The standard InChI is InChI=1S/C15H17F2NO2/c1-9-3-6-15(20-9)10(2)18-8-14(19)12-5-4-11(16)7-13(12)17/h3-7,10,14,18-19H,8H2,1-2H3. The molecule has 2 rings (SSSR count). The Morgan fingerprint density at radius 1 is 1.25 bits per heavy atom. The highest BCUT2D eigenvalue weighted by Gasteiger charge is 2.16. The van der Waals surface area contributed by atoms with E-state index in [1.54, 1.807) is 0 Å². The Kier molecular flexibility index (Phi) is 4.52. The Labute approximate surface area is 116 Å². The summed E-state index contributed by atoms with van der Waals surface area (Å²) in [5.74, 6) is 0.139. The predicted octanol–water partition coefficient (Wildman–Crippen LogP) is 3.25. The fourth-order valence-corrected chi connectivity index (χ4v) is 1.96. The SMILES string of the molecule is Cc1ccc(C(C)NCC(O)c2ccc(F)cc2F)o1. The molecule has 0 aliphatic carbocycles. The number of furan rings is 1. The minimum Gasteiger partial charge on any atom is -0.465 e. The summed E-state index contributed by atoms with van der Waals surface area (Å²) >= 11 is 0. The Morgan fingerprint density at radius 2 is 2.00 bits per heavy atom. The van der Waals surface area contributed by atoms with Gasteiger partial charge in [-0.05, 0) is 32.0 Å². The van der Waals surface area contributed by atoms with Gasteiger partial charge in [-0.2, -0.15) is 0 Å². The van der Waals surface area contributed by atoms with Gasteiger partial charge in [-0.1, -0.05) is 6.07 Å². The highest BCUT2D eigenvalue weighted by Crippen LogP contribution is 2.20. The van der Waals surface area contributed by atoms with E-state index in [1.165, 1.54) is 6.07 Å². The van der Waals surface area contributed by atoms with Crippen molar-refractivity contribution < 1.29 is 18.3 Å². The van der Waals surface area contributed by atoms with Crippen LogP contribution in [-0.2, 0) is 0 Å². The number of aryl methyl sites for hydroxylation is 1. The van der Waals surface area contributed by atoms with Crippen LogP contribution in [0.4, 0.5) is 8.78 Å². The van der Waals surface area contributed by atoms with Crippen LogP contribution in [0.3, 0.4) is 0 Å². The lowest BCUT2D eigenvalue weighted by molar-refractivity contribution is 0.164. The number of nitrogens with one attached hydrogen (secondary N) is 1. The molecule has 2 N–H and O–H groups in total. The maximum atomic E-state index is 13.5. The number of benzene rings is 1. The number of aliphatic hydroxyl groups excluding tert-OH is 1. The first-order valence-electron chi connectivity index (χ1n) is 6.40. The lowest BCUT2D eigenvalue weighted by atomic mass is 10.1. The smallest absolute Gasteiger partial charge is 0.131 e. The van der Waals surface area contributed by atoms with Gasteiger partial charge in [0.15, 0.2) is 0 Å². The van der Waals surface area contributed by atoms with Crippen molar-refractivity contribution in [2.24, 2.45) is 0 Å². The molecule has 0 saturated carbocycles. The fourth-order valence-electron chi connectivity index (χ4n) is 1.96. The van der Waals surface area contributed by atoms with Crippen LogP contribution in [0.15, 0.2) is 34.7 Å². The summed E-state index contributed by atoms with van der Waals surface area (Å²) in [5.41, 5.74) is 0.0710. The highest BCUT2D eigenvalue weighted by molar-refractivity contribution is 5.21. The molecule has 2 atom stereocenters. The molecule has 1 aromatic heterocycles. The van der Waals surface area contributed by atoms with Crippen molar-refractivity contribution in [2.75, 3.05) is 6.54 Å². The molecule has 1 heterocycles. The van der Waals surface area contributed by atoms with E-state index in [0.717, 1.165) is 23.7 Å². The summed E-state index contributed by atoms with van der Waals surface area (Å²) in [6.45, 7) is 3.87. The third kappa shape index (κ3) is 3.43. The van der Waals surface area contributed by atoms with Gasteiger partial charge < -0.3 is 14.8 Å². The molecule has 0 spiro atoms. The third-order valence-corrected chi connectivity index (χ3v) is 3.13. The second-order valence-corrected chi connectivity index (χ2v) is 4.76. The van der Waals surface area contributed by atoms with Crippen LogP contribution in [0.2, 0.25) is 0 Å². The van der Waals surface area contributed by atoms with Gasteiger partial charge in [-0.3, -0.25) is 0 Å². The van der Waals surface area contributed by atoms with Crippen molar-refractivity contribution in [3.8, 4) is 0 Å². The molecule has 0 bridgehead atoms. The molecule has 1 aromatic carbocycles. The van der Waals surface area contributed by atoms with Gasteiger partial charge in [0.2, 0.25) is 0 Å². The van der Waals surface area contributed by atoms with Gasteiger partial charge in [0.25, 0.3) is 0 Å². The van der Waals surface area contributed by atoms with Crippen LogP contribution in [0.5, 0.6) is 0 Å². The molecule has 0 aliphatic heterocycles. The molecule has 0 aliphatic rings. The van der Waals surface area contributed by atoms with E-state index < -0.39 is 17.7 Å². The van der Waals surface area contributed by atoms with Gasteiger partial charge in [-0.15, -0.1) is 0 Å². The van der Waals surface area contributed by atoms with Crippen molar-refractivity contribution in [1.29, 1.82) is 0 Å². The van der Waals surface area contributed by atoms with Gasteiger partial charge >= 0.3 is 0 Å². The van der Waals surface area contributed by atoms with Crippen molar-refractivity contribution in [2.45, 2.75) is 26.0 Å². The summed E-state index contributed by atoms with van der Waals surface area (Å²) < 4.78 is 31.8. The first-order valence-corrected chi connectivity index (χ1v) is 6.40. The highest BCUT2D eigenvalue weighted by atomic mass is 19.1. The van der Waals surface area contributed by atoms with Gasteiger partial charge in [0.1, 0.15) is 23.2 Å². The number of hydrogen-bond donors (Lipinski definition) is 2. The molecule has 0 amide bonds. The lowest BCUT2D eigenvalue weighted by Crippen LogP contribution is -2.25. The first kappa shape index (κ1) is 14.7. The number of aliphatic hydroxyl groups is 1. The quantitative estimate of drug-likeness (QED) is 0.884. The normalized spacial score (nSPS) is 14.2. The largest absolute Gasteiger partial charge is 0.465 e. The van der Waals surface area contributed by atoms with Gasteiger partial charge in [0, 0.05) is 18.2 Å². The predicted molar refractivity (Wildman–Crippen MR) is 71.2 cm³/mol. The number of rotatable bonds is 5. The maximum Gasteiger partial charge on any atom is 0.131 e. The van der Waals surface area contributed by atoms with Crippen molar-refractivity contribution in [1.82, 2.24) is 5.32 Å². The molecule has 108 valence electrons. The summed E-state index contributed by atoms with van der Waals surface area (Å²) in [6.07, 6.45) is -1.05. The van der Waals surface area contributed by atoms with Crippen LogP contribution in [0, 0.1) is 18.6 Å². The van der Waals surface area contributed by atoms with E-state index in [1.807, 2.05) is 26.0 Å². The Bertz CT molecular complexity index is 583. The van der Waals surface area contributed by atoms with Crippen LogP contribution >= 0.6 is 0 Å². The molecular weight excluding hydrogens is 264 g/mol. The average Bonchev–Trinajstić information content (AvgIpc) is 2.82. The Morgan fingerprint density at radius 3 is 2.60 bits per heavy atom. The number of hydrogen-bond acceptors (Lipinski definition) is 3. The summed E-state index contributed by atoms with van der Waals surface area (Å²) in [6, 6.07) is 6.72. The molecule has 3 nitrogen and oxygen atoms in total. The van der Waals surface area contributed by atoms with E-state index in [2.05, 4.69) is 5.32 Å². The second kappa shape index (κ2) is 6.15. The van der Waals surface area contributed by atoms with Gasteiger partial charge in [0.05, 0.1) is 12.1 Å². The van der Waals surface area contributed by atoms with Crippen molar-refractivity contribution in [3.05, 3.63) is 59.1 Å². The monoisotopic (exact) mass is 281 g/mol. The average molecular weight is 281 g/mol. The minimum absolute atomic E-state index is 0.0710. The zero-order chi connectivity index (χ0) is 14.7. The molecule has 20 heavy (non-hydrogen) atoms. The molecule has 0 fully saturated rings. The first-order chi connectivity index (χ1) is 9.47. The molecule has 2 aromatic rings. The molecule has 5 heteroatoms. The summed E-state index contributed by atoms with van der Waals surface area (Å²) in [5, 5.41) is 13.0. The topological polar surface area (TPSA) is 45.4 Å². The zero-order valence-corrected chi connectivity index (χ0v) is 11.4. The van der Waals surface area contributed by atoms with E-state index in [9.17, 15) is 13.9 Å². The van der Waals surface area contributed by atoms with E-state index >= 15 is 0 Å². The maximum absolute atomic E-state index is 13.5. The van der Waals surface area contributed by atoms with E-state index in [4.69, 9.17) is 4.42 Å². The number of halogens is 2. The second-order valence-electron chi connectivity index (χ2n) is 4.76. The summed E-state index contributed by atoms with van der Waals surface area (Å²) in [4.78, 5) is 0. The van der Waals surface area contributed by atoms with Crippen LogP contribution < -0.4 is 5.32 Å². The minimum atomic E-state index is -1.05. The van der Waals surface area contributed by atoms with E-state index in [0.29, 0.717) is 0 Å². The van der Waals surface area contributed by atoms with Crippen LogP contribution in [0.1, 0.15) is 36.2 Å². The zero-order valence-electron chi connectivity index (χ0n) is 11.4. The van der Waals surface area contributed by atoms with E-state index in [-0.39, 0.29) is 18.2 Å². The molecule has 0 saturated heterocycles. The van der Waals surface area contributed by atoms with Crippen LogP contribution in [-0.4, -0.2) is 11.7 Å². The van der Waals surface area contributed by atoms with Crippen molar-refractivity contribution in [3.63, 3.8) is 0 Å². The van der Waals surface area contributed by atoms with Crippen molar-refractivity contribution >= 4 is 0 Å². The summed E-state index contributed by atoms with van der Waals surface area (Å²) in [7, 11) is 0. The fraction of sp³-hybridized carbons (Fsp3) is 0.333.